The van der Waals surface area contributed by atoms with Crippen LogP contribution in [0.15, 0.2) is 77.7 Å². The predicted octanol–water partition coefficient (Wildman–Crippen LogP) is 6.15. The number of Topliss-reactive ketones (excluding diaryl/α,β-unsaturated/α-hetero) is 2. The van der Waals surface area contributed by atoms with Gasteiger partial charge in [0.05, 0.1) is 5.56 Å². The van der Waals surface area contributed by atoms with Gasteiger partial charge in [-0.15, -0.1) is 0 Å². The molecular weight excluding hydrogens is 446 g/mol. The number of rotatable bonds is 7. The number of esters is 1. The van der Waals surface area contributed by atoms with Gasteiger partial charge >= 0.3 is 5.97 Å². The van der Waals surface area contributed by atoms with Crippen molar-refractivity contribution in [2.75, 3.05) is 0 Å². The Bertz CT molecular complexity index is 1190. The van der Waals surface area contributed by atoms with Gasteiger partial charge < -0.3 is 9.53 Å². The number of hydrogen-bond acceptors (Lipinski definition) is 5. The summed E-state index contributed by atoms with van der Waals surface area (Å²) in [6.07, 6.45) is 0.0204. The zero-order valence-corrected chi connectivity index (χ0v) is 18.5. The fourth-order valence-corrected chi connectivity index (χ4v) is 4.54. The van der Waals surface area contributed by atoms with E-state index in [0.29, 0.717) is 27.8 Å². The third kappa shape index (κ3) is 5.03. The van der Waals surface area contributed by atoms with Crippen LogP contribution in [0.1, 0.15) is 35.2 Å². The third-order valence-corrected chi connectivity index (χ3v) is 6.28. The van der Waals surface area contributed by atoms with Crippen molar-refractivity contribution in [3.05, 3.63) is 83.9 Å². The van der Waals surface area contributed by atoms with Crippen LogP contribution in [-0.4, -0.2) is 23.3 Å². The molecule has 0 aromatic heterocycles. The standard InChI is InChI=1S/C26H20F2O4S/c1-15(29)14-21(23-24(30)20-4-2-3-5-22(20)32-25(23)31)18-8-6-16(7-9-18)17-10-12-19(13-11-17)33-26(27)28/h2-13,21,23,26H,14H2,1H3. The van der Waals surface area contributed by atoms with Crippen LogP contribution < -0.4 is 4.74 Å². The van der Waals surface area contributed by atoms with Crippen LogP contribution in [0.25, 0.3) is 11.1 Å². The number of ketones is 2. The van der Waals surface area contributed by atoms with Gasteiger partial charge in [-0.1, -0.05) is 60.3 Å². The van der Waals surface area contributed by atoms with Crippen LogP contribution in [0.3, 0.4) is 0 Å². The van der Waals surface area contributed by atoms with Gasteiger partial charge in [-0.3, -0.25) is 9.59 Å². The molecule has 0 fully saturated rings. The van der Waals surface area contributed by atoms with Crippen molar-refractivity contribution >= 4 is 29.3 Å². The van der Waals surface area contributed by atoms with Crippen LogP contribution in [0.5, 0.6) is 5.75 Å². The molecule has 1 aliphatic rings. The molecule has 33 heavy (non-hydrogen) atoms. The Morgan fingerprint density at radius 1 is 0.939 bits per heavy atom. The van der Waals surface area contributed by atoms with Gasteiger partial charge in [-0.05, 0) is 47.9 Å². The Morgan fingerprint density at radius 3 is 2.15 bits per heavy atom. The van der Waals surface area contributed by atoms with Gasteiger partial charge in [-0.2, -0.15) is 8.78 Å². The first kappa shape index (κ1) is 22.9. The van der Waals surface area contributed by atoms with Crippen molar-refractivity contribution in [3.8, 4) is 16.9 Å². The minimum absolute atomic E-state index is 0.0204. The molecule has 0 saturated heterocycles. The molecule has 4 nitrogen and oxygen atoms in total. The number of hydrogen-bond donors (Lipinski definition) is 0. The highest BCUT2D eigenvalue weighted by Crippen LogP contribution is 2.38. The highest BCUT2D eigenvalue weighted by molar-refractivity contribution is 7.99. The molecule has 0 bridgehead atoms. The maximum atomic E-state index is 13.2. The van der Waals surface area contributed by atoms with E-state index >= 15 is 0 Å². The zero-order valence-electron chi connectivity index (χ0n) is 17.7. The molecule has 4 rings (SSSR count). The van der Waals surface area contributed by atoms with Crippen LogP contribution in [0.4, 0.5) is 8.78 Å². The van der Waals surface area contributed by atoms with E-state index in [1.807, 2.05) is 12.1 Å². The van der Waals surface area contributed by atoms with E-state index in [4.69, 9.17) is 4.74 Å². The maximum Gasteiger partial charge on any atom is 0.322 e. The Labute approximate surface area is 194 Å². The van der Waals surface area contributed by atoms with Gasteiger partial charge in [0.2, 0.25) is 0 Å². The lowest BCUT2D eigenvalue weighted by atomic mass is 9.77. The average Bonchev–Trinajstić information content (AvgIpc) is 2.78. The van der Waals surface area contributed by atoms with Gasteiger partial charge in [0.1, 0.15) is 17.5 Å². The fraction of sp³-hybridized carbons (Fsp3) is 0.192. The Kier molecular flexibility index (Phi) is 6.70. The number of thioether (sulfide) groups is 1. The lowest BCUT2D eigenvalue weighted by molar-refractivity contribution is -0.138. The van der Waals surface area contributed by atoms with E-state index in [1.54, 1.807) is 60.7 Å². The monoisotopic (exact) mass is 466 g/mol. The molecule has 0 radical (unpaired) electrons. The summed E-state index contributed by atoms with van der Waals surface area (Å²) in [7, 11) is 0. The lowest BCUT2D eigenvalue weighted by Crippen LogP contribution is -2.38. The first-order chi connectivity index (χ1) is 15.8. The number of para-hydroxylation sites is 1. The number of alkyl halides is 2. The smallest absolute Gasteiger partial charge is 0.322 e. The fourth-order valence-electron chi connectivity index (χ4n) is 4.04. The first-order valence-corrected chi connectivity index (χ1v) is 11.2. The van der Waals surface area contributed by atoms with Crippen molar-refractivity contribution in [2.45, 2.75) is 29.9 Å². The summed E-state index contributed by atoms with van der Waals surface area (Å²) in [5, 5.41) is 0. The molecule has 3 aromatic carbocycles. The van der Waals surface area contributed by atoms with Crippen LogP contribution in [0.2, 0.25) is 0 Å². The number of carbonyl (C=O) groups excluding carboxylic acids is 3. The van der Waals surface area contributed by atoms with E-state index < -0.39 is 23.6 Å². The highest BCUT2D eigenvalue weighted by Gasteiger charge is 2.42. The van der Waals surface area contributed by atoms with E-state index in [2.05, 4.69) is 0 Å². The second-order valence-corrected chi connectivity index (χ2v) is 8.86. The molecule has 0 aliphatic carbocycles. The van der Waals surface area contributed by atoms with E-state index in [0.717, 1.165) is 11.1 Å². The van der Waals surface area contributed by atoms with Gasteiger partial charge in [-0.25, -0.2) is 0 Å². The van der Waals surface area contributed by atoms with Gasteiger partial charge in [0.15, 0.2) is 5.78 Å². The molecule has 0 spiro atoms. The second-order valence-electron chi connectivity index (χ2n) is 7.80. The number of halogens is 2. The number of fused-ring (bicyclic) bond motifs is 1. The van der Waals surface area contributed by atoms with Crippen molar-refractivity contribution in [2.24, 2.45) is 5.92 Å². The summed E-state index contributed by atoms with van der Waals surface area (Å²) < 4.78 is 30.5. The molecule has 0 amide bonds. The quantitative estimate of drug-likeness (QED) is 0.181. The normalized spacial score (nSPS) is 16.3. The summed E-state index contributed by atoms with van der Waals surface area (Å²) in [4.78, 5) is 38.4. The summed E-state index contributed by atoms with van der Waals surface area (Å²) >= 11 is 0.485. The second kappa shape index (κ2) is 9.67. The maximum absolute atomic E-state index is 13.2. The summed E-state index contributed by atoms with van der Waals surface area (Å²) in [6.45, 7) is 1.42. The topological polar surface area (TPSA) is 60.4 Å². The molecule has 1 aliphatic heterocycles. The van der Waals surface area contributed by atoms with Crippen molar-refractivity contribution in [1.29, 1.82) is 0 Å². The predicted molar refractivity (Wildman–Crippen MR) is 122 cm³/mol. The van der Waals surface area contributed by atoms with Crippen molar-refractivity contribution < 1.29 is 27.9 Å². The van der Waals surface area contributed by atoms with E-state index in [9.17, 15) is 23.2 Å². The average molecular weight is 467 g/mol. The molecule has 7 heteroatoms. The van der Waals surface area contributed by atoms with Gasteiger partial charge in [0.25, 0.3) is 5.76 Å². The lowest BCUT2D eigenvalue weighted by Gasteiger charge is -2.28. The molecule has 1 heterocycles. The summed E-state index contributed by atoms with van der Waals surface area (Å²) in [5.74, 6) is -5.18. The molecular formula is C26H20F2O4S. The van der Waals surface area contributed by atoms with Crippen LogP contribution >= 0.6 is 11.8 Å². The minimum Gasteiger partial charge on any atom is -0.425 e. The summed E-state index contributed by atoms with van der Waals surface area (Å²) in [5.41, 5.74) is 2.68. The Hall–Kier alpha value is -3.32. The van der Waals surface area contributed by atoms with Crippen LogP contribution in [-0.2, 0) is 9.59 Å². The minimum atomic E-state index is -2.48. The van der Waals surface area contributed by atoms with Crippen molar-refractivity contribution in [1.82, 2.24) is 0 Å². The Balaban J connectivity index is 1.63. The van der Waals surface area contributed by atoms with Gasteiger partial charge in [0, 0.05) is 17.2 Å². The highest BCUT2D eigenvalue weighted by atomic mass is 32.2. The number of carbonyl (C=O) groups is 3. The SMILES string of the molecule is CC(=O)CC(c1ccc(-c2ccc(SC(F)F)cc2)cc1)C1C(=O)Oc2ccccc2C1=O. The molecule has 168 valence electrons. The zero-order chi connectivity index (χ0) is 23.5. The molecule has 2 atom stereocenters. The van der Waals surface area contributed by atoms with E-state index in [1.165, 1.54) is 6.92 Å². The Morgan fingerprint density at radius 2 is 1.55 bits per heavy atom. The first-order valence-electron chi connectivity index (χ1n) is 10.3. The van der Waals surface area contributed by atoms with Crippen LogP contribution in [0, 0.1) is 5.92 Å². The molecule has 2 unspecified atom stereocenters. The number of ether oxygens (including phenoxy) is 1. The molecule has 3 aromatic rings. The molecule has 0 saturated carbocycles. The van der Waals surface area contributed by atoms with E-state index in [-0.39, 0.29) is 23.7 Å². The molecule has 0 N–H and O–H groups in total. The third-order valence-electron chi connectivity index (χ3n) is 5.56. The van der Waals surface area contributed by atoms with Crippen molar-refractivity contribution in [3.63, 3.8) is 0 Å². The largest absolute Gasteiger partial charge is 0.425 e. The summed E-state index contributed by atoms with van der Waals surface area (Å²) in [6, 6.07) is 20.6. The number of benzene rings is 3.